The molecule has 1 amide bonds. The van der Waals surface area contributed by atoms with Crippen molar-refractivity contribution < 1.29 is 9.00 Å². The Morgan fingerprint density at radius 3 is 2.78 bits per heavy atom. The minimum atomic E-state index is -0.978. The first-order chi connectivity index (χ1) is 8.40. The average molecular weight is 289 g/mol. The second-order valence-corrected chi connectivity index (χ2v) is 6.71. The molecule has 1 rings (SSSR count). The van der Waals surface area contributed by atoms with Crippen LogP contribution in [0.2, 0.25) is 5.02 Å². The normalized spacial score (nSPS) is 12.4. The number of rotatable bonds is 5. The lowest BCUT2D eigenvalue weighted by atomic mass is 10.2. The molecule has 1 aromatic carbocycles. The maximum atomic E-state index is 11.7. The van der Waals surface area contributed by atoms with Gasteiger partial charge in [0.05, 0.1) is 11.4 Å². The summed E-state index contributed by atoms with van der Waals surface area (Å²) in [6.07, 6.45) is 0.205. The number of carbonyl (C=O) groups excluding carboxylic acids is 1. The predicted molar refractivity (Wildman–Crippen MR) is 77.3 cm³/mol. The molecule has 0 bridgehead atoms. The number of hydrogen-bond donors (Lipinski definition) is 2. The summed E-state index contributed by atoms with van der Waals surface area (Å²) in [5.74, 6) is 0.141. The van der Waals surface area contributed by atoms with E-state index in [9.17, 15) is 9.00 Å². The van der Waals surface area contributed by atoms with Crippen molar-refractivity contribution in [1.82, 2.24) is 0 Å². The number of halogens is 1. The Balaban J connectivity index is 2.55. The number of carbonyl (C=O) groups is 1. The second-order valence-electron chi connectivity index (χ2n) is 4.16. The Morgan fingerprint density at radius 1 is 1.50 bits per heavy atom. The predicted octanol–water partition coefficient (Wildman–Crippen LogP) is 2.41. The molecule has 6 heteroatoms. The van der Waals surface area contributed by atoms with Gasteiger partial charge in [0.15, 0.2) is 0 Å². The van der Waals surface area contributed by atoms with Crippen LogP contribution in [-0.2, 0) is 15.6 Å². The first-order valence-electron chi connectivity index (χ1n) is 5.62. The van der Waals surface area contributed by atoms with E-state index in [0.29, 0.717) is 22.2 Å². The zero-order chi connectivity index (χ0) is 13.7. The van der Waals surface area contributed by atoms with Gasteiger partial charge < -0.3 is 11.1 Å². The zero-order valence-corrected chi connectivity index (χ0v) is 12.0. The quantitative estimate of drug-likeness (QED) is 0.817. The Kier molecular flexibility index (Phi) is 5.62. The molecule has 1 aromatic rings. The lowest BCUT2D eigenvalue weighted by Gasteiger charge is -2.09. The van der Waals surface area contributed by atoms with E-state index < -0.39 is 10.8 Å². The van der Waals surface area contributed by atoms with E-state index in [1.54, 1.807) is 18.2 Å². The van der Waals surface area contributed by atoms with Gasteiger partial charge in [-0.3, -0.25) is 9.00 Å². The van der Waals surface area contributed by atoms with Crippen molar-refractivity contribution in [2.75, 3.05) is 16.8 Å². The molecule has 0 fully saturated rings. The average Bonchev–Trinajstić information content (AvgIpc) is 2.30. The summed E-state index contributed by atoms with van der Waals surface area (Å²) in [5, 5.41) is 3.23. The number of hydrogen-bond acceptors (Lipinski definition) is 3. The molecule has 100 valence electrons. The van der Waals surface area contributed by atoms with Crippen molar-refractivity contribution >= 4 is 39.7 Å². The highest BCUT2D eigenvalue weighted by Gasteiger charge is 2.10. The third-order valence-corrected chi connectivity index (χ3v) is 4.24. The fourth-order valence-electron chi connectivity index (χ4n) is 1.28. The third kappa shape index (κ3) is 4.66. The molecule has 0 aliphatic carbocycles. The summed E-state index contributed by atoms with van der Waals surface area (Å²) >= 11 is 5.81. The molecule has 4 nitrogen and oxygen atoms in total. The number of anilines is 2. The Morgan fingerprint density at radius 2 is 2.17 bits per heavy atom. The summed E-state index contributed by atoms with van der Waals surface area (Å²) in [6, 6.07) is 4.87. The fraction of sp³-hybridized carbons (Fsp3) is 0.417. The molecule has 0 radical (unpaired) electrons. The maximum absolute atomic E-state index is 11.7. The van der Waals surface area contributed by atoms with Crippen LogP contribution >= 0.6 is 11.6 Å². The zero-order valence-electron chi connectivity index (χ0n) is 10.4. The van der Waals surface area contributed by atoms with Gasteiger partial charge in [0.2, 0.25) is 5.91 Å². The van der Waals surface area contributed by atoms with Crippen LogP contribution < -0.4 is 11.1 Å². The van der Waals surface area contributed by atoms with Crippen molar-refractivity contribution in [3.05, 3.63) is 23.2 Å². The molecule has 0 aliphatic rings. The van der Waals surface area contributed by atoms with E-state index in [4.69, 9.17) is 17.3 Å². The number of benzene rings is 1. The van der Waals surface area contributed by atoms with Gasteiger partial charge in [-0.15, -0.1) is 0 Å². The fourth-order valence-corrected chi connectivity index (χ4v) is 2.31. The van der Waals surface area contributed by atoms with Crippen molar-refractivity contribution in [3.63, 3.8) is 0 Å². The molecule has 0 saturated carbocycles. The lowest BCUT2D eigenvalue weighted by Crippen LogP contribution is -2.18. The van der Waals surface area contributed by atoms with Gasteiger partial charge >= 0.3 is 0 Å². The first-order valence-corrected chi connectivity index (χ1v) is 7.38. The minimum Gasteiger partial charge on any atom is -0.397 e. The molecule has 0 aliphatic heterocycles. The van der Waals surface area contributed by atoms with Crippen LogP contribution in [0.1, 0.15) is 20.3 Å². The molecule has 18 heavy (non-hydrogen) atoms. The highest BCUT2D eigenvalue weighted by Crippen LogP contribution is 2.22. The third-order valence-electron chi connectivity index (χ3n) is 2.35. The maximum Gasteiger partial charge on any atom is 0.225 e. The highest BCUT2D eigenvalue weighted by molar-refractivity contribution is 7.85. The topological polar surface area (TPSA) is 72.2 Å². The first kappa shape index (κ1) is 15.0. The lowest BCUT2D eigenvalue weighted by molar-refractivity contribution is -0.115. The van der Waals surface area contributed by atoms with Gasteiger partial charge in [0, 0.05) is 33.2 Å². The van der Waals surface area contributed by atoms with Crippen LogP contribution in [-0.4, -0.2) is 21.1 Å². The summed E-state index contributed by atoms with van der Waals surface area (Å²) in [6.45, 7) is 3.73. The van der Waals surface area contributed by atoms with E-state index >= 15 is 0 Å². The number of nitrogen functional groups attached to an aromatic ring is 1. The van der Waals surface area contributed by atoms with Crippen LogP contribution in [0.4, 0.5) is 11.4 Å². The summed E-state index contributed by atoms with van der Waals surface area (Å²) < 4.78 is 11.5. The van der Waals surface area contributed by atoms with Crippen LogP contribution in [0.3, 0.4) is 0 Å². The van der Waals surface area contributed by atoms with E-state index in [-0.39, 0.29) is 17.6 Å². The molecule has 0 aromatic heterocycles. The Labute approximate surface area is 114 Å². The smallest absolute Gasteiger partial charge is 0.225 e. The molecule has 1 atom stereocenters. The SMILES string of the molecule is CC(C)S(=O)CCC(=O)Nc1cc(Cl)ccc1N. The van der Waals surface area contributed by atoms with Gasteiger partial charge in [-0.1, -0.05) is 25.4 Å². The molecule has 3 N–H and O–H groups in total. The Bertz CT molecular complexity index is 463. The monoisotopic (exact) mass is 288 g/mol. The molecular weight excluding hydrogens is 272 g/mol. The van der Waals surface area contributed by atoms with Crippen molar-refractivity contribution in [2.45, 2.75) is 25.5 Å². The molecule has 0 spiro atoms. The number of nitrogens with one attached hydrogen (secondary N) is 1. The van der Waals surface area contributed by atoms with Crippen LogP contribution in [0.15, 0.2) is 18.2 Å². The number of nitrogens with two attached hydrogens (primary N) is 1. The Hall–Kier alpha value is -1.07. The van der Waals surface area contributed by atoms with Gasteiger partial charge in [0.25, 0.3) is 0 Å². The minimum absolute atomic E-state index is 0.0639. The summed E-state index contributed by atoms with van der Waals surface area (Å²) in [7, 11) is -0.978. The van der Waals surface area contributed by atoms with E-state index in [1.807, 2.05) is 13.8 Å². The summed E-state index contributed by atoms with van der Waals surface area (Å²) in [4.78, 5) is 11.7. The van der Waals surface area contributed by atoms with Crippen LogP contribution in [0.5, 0.6) is 0 Å². The van der Waals surface area contributed by atoms with Gasteiger partial charge in [-0.2, -0.15) is 0 Å². The van der Waals surface area contributed by atoms with E-state index in [2.05, 4.69) is 5.32 Å². The van der Waals surface area contributed by atoms with Gasteiger partial charge in [-0.05, 0) is 18.2 Å². The highest BCUT2D eigenvalue weighted by atomic mass is 35.5. The molecule has 0 saturated heterocycles. The van der Waals surface area contributed by atoms with Crippen molar-refractivity contribution in [2.24, 2.45) is 0 Å². The number of amides is 1. The van der Waals surface area contributed by atoms with E-state index in [0.717, 1.165) is 0 Å². The standard InChI is InChI=1S/C12H17ClN2O2S/c1-8(2)18(17)6-5-12(16)15-11-7-9(13)3-4-10(11)14/h3-4,7-8H,5-6,14H2,1-2H3,(H,15,16). The second kappa shape index (κ2) is 6.75. The molecule has 0 heterocycles. The largest absolute Gasteiger partial charge is 0.397 e. The van der Waals surface area contributed by atoms with E-state index in [1.165, 1.54) is 0 Å². The van der Waals surface area contributed by atoms with Gasteiger partial charge in [0.1, 0.15) is 0 Å². The van der Waals surface area contributed by atoms with Gasteiger partial charge in [-0.25, -0.2) is 0 Å². The molecule has 1 unspecified atom stereocenters. The van der Waals surface area contributed by atoms with Crippen LogP contribution in [0, 0.1) is 0 Å². The summed E-state index contributed by atoms with van der Waals surface area (Å²) in [5.41, 5.74) is 6.65. The van der Waals surface area contributed by atoms with Crippen molar-refractivity contribution in [3.8, 4) is 0 Å². The van der Waals surface area contributed by atoms with Crippen molar-refractivity contribution in [1.29, 1.82) is 0 Å². The van der Waals surface area contributed by atoms with Crippen LogP contribution in [0.25, 0.3) is 0 Å². The molecular formula is C12H17ClN2O2S.